The first-order valence-electron chi connectivity index (χ1n) is 29.7. The van der Waals surface area contributed by atoms with Crippen LogP contribution in [0.1, 0.15) is 124 Å². The van der Waals surface area contributed by atoms with Gasteiger partial charge in [0.1, 0.15) is 36.5 Å². The Morgan fingerprint density at radius 2 is 1.62 bits per heavy atom. The fraction of sp³-hybridized carbons (Fsp3) is 0.385. The van der Waals surface area contributed by atoms with Gasteiger partial charge in [0.2, 0.25) is 29.9 Å². The summed E-state index contributed by atoms with van der Waals surface area (Å²) in [5.74, 6) is 0.00752. The molecule has 2 amide bonds. The third-order valence-electron chi connectivity index (χ3n) is 17.4. The fourth-order valence-electron chi connectivity index (χ4n) is 12.3. The van der Waals surface area contributed by atoms with Gasteiger partial charge >= 0.3 is 0 Å². The predicted octanol–water partition coefficient (Wildman–Crippen LogP) is 8.36. The van der Waals surface area contributed by atoms with E-state index in [1.165, 1.54) is 0 Å². The number of fused-ring (bicyclic) bond motifs is 5. The molecule has 4 aromatic carbocycles. The summed E-state index contributed by atoms with van der Waals surface area (Å²) >= 11 is 22.5. The Bertz CT molecular complexity index is 4250. The van der Waals surface area contributed by atoms with Crippen molar-refractivity contribution in [2.45, 2.75) is 115 Å². The Morgan fingerprint density at radius 1 is 0.856 bits per heavy atom. The number of nitrogens with zero attached hydrogens (tertiary/aromatic N) is 8. The molecule has 0 saturated carbocycles. The van der Waals surface area contributed by atoms with Crippen molar-refractivity contribution in [3.05, 3.63) is 145 Å². The van der Waals surface area contributed by atoms with Crippen LogP contribution >= 0.6 is 46.6 Å². The summed E-state index contributed by atoms with van der Waals surface area (Å²) in [6.45, 7) is 11.6. The highest BCUT2D eigenvalue weighted by atomic mass is 35.5. The first-order valence-corrected chi connectivity index (χ1v) is 33.3. The van der Waals surface area contributed by atoms with Crippen LogP contribution in [0.3, 0.4) is 0 Å². The minimum atomic E-state index is -4.79. The van der Waals surface area contributed by atoms with Gasteiger partial charge in [0.15, 0.2) is 17.0 Å². The summed E-state index contributed by atoms with van der Waals surface area (Å²) in [5, 5.41) is 17.2. The maximum absolute atomic E-state index is 13.9. The number of hydrogen-bond donors (Lipinski definition) is 1. The molecule has 0 aliphatic carbocycles. The number of aromatic carboxylic acids is 1. The van der Waals surface area contributed by atoms with E-state index < -0.39 is 39.0 Å². The van der Waals surface area contributed by atoms with Crippen molar-refractivity contribution in [3.8, 4) is 28.9 Å². The molecule has 0 radical (unpaired) electrons. The number of carboxylic acids is 1. The highest BCUT2D eigenvalue weighted by Gasteiger charge is 2.39. The number of carbonyl (C=O) groups excluding carboxylic acids is 4. The predicted molar refractivity (Wildman–Crippen MR) is 343 cm³/mol. The molecule has 11 rings (SSSR count). The molecule has 0 spiro atoms. The lowest BCUT2D eigenvalue weighted by Crippen LogP contribution is -2.56. The summed E-state index contributed by atoms with van der Waals surface area (Å²) in [7, 11) is -0.964. The molecule has 5 aliphatic heterocycles. The van der Waals surface area contributed by atoms with E-state index in [9.17, 15) is 37.3 Å². The number of hydrogen-bond acceptors (Lipinski definition) is 17. The lowest BCUT2D eigenvalue weighted by Gasteiger charge is -2.42. The molecule has 2 aromatic heterocycles. The molecule has 1 unspecified atom stereocenters. The van der Waals surface area contributed by atoms with Gasteiger partial charge in [-0.1, -0.05) is 66.7 Å². The monoisotopic (exact) mass is 1320 g/mol. The standard InChI is InChI=1S/C65H68Cl3N9O11S2/c1-8-38-29-64(2,3)73(6)46-27-49-44(25-42(38)46)55(45-26-43-39(34-90(83,84)85)30-65(4,5)74(7)47(43)28-50(45)88-49)56-57(62(81)82)58(66)60(68)61(59(56)67)89-33-41(78)13-11-9-10-12-14-54(80)75-21-22-77(52-17-18-70-63(72-52)76-20-19-69-35-76)40(32-75)24-53(79)71-31-37-15-16-48-51(23-37)87-36-86-48/h15-20,23,25-30,35,40H,8-14,21-22,24,31-34,36H2,1-7H3,(H2-,71,79,81,82,83,84,85)/p-1. The number of Topliss-reactive ketones (excluding diaryl/α,β-unsaturated/α-hetero) is 1. The molecule has 25 heteroatoms. The van der Waals surface area contributed by atoms with E-state index in [1.54, 1.807) is 58.7 Å². The molecule has 0 bridgehead atoms. The summed E-state index contributed by atoms with van der Waals surface area (Å²) < 4.78 is 59.1. The Kier molecular flexibility index (Phi) is 18.3. The van der Waals surface area contributed by atoms with E-state index in [0.717, 1.165) is 33.8 Å². The van der Waals surface area contributed by atoms with E-state index >= 15 is 0 Å². The molecule has 90 heavy (non-hydrogen) atoms. The van der Waals surface area contributed by atoms with Gasteiger partial charge in [-0.05, 0) is 86.2 Å². The van der Waals surface area contributed by atoms with E-state index in [2.05, 4.69) is 39.8 Å². The summed E-state index contributed by atoms with van der Waals surface area (Å²) in [5.41, 5.74) is 2.87. The van der Waals surface area contributed by atoms with Gasteiger partial charge in [-0.15, -0.1) is 11.8 Å². The number of carboxylic acid groups (broad SMARTS) is 1. The minimum absolute atomic E-state index is 0.0390. The third kappa shape index (κ3) is 13.1. The van der Waals surface area contributed by atoms with Gasteiger partial charge in [-0.3, -0.25) is 19.0 Å². The number of carbonyl (C=O) groups is 4. The van der Waals surface area contributed by atoms with Crippen molar-refractivity contribution >= 4 is 108 Å². The number of aromatic nitrogens is 4. The van der Waals surface area contributed by atoms with Crippen molar-refractivity contribution < 1.29 is 51.5 Å². The highest BCUT2D eigenvalue weighted by Crippen LogP contribution is 2.51. The average Bonchev–Trinajstić information content (AvgIpc) is 0.771. The number of likely N-dealkylation sites (N-methyl/N-ethyl adjacent to an activating group) is 2. The summed E-state index contributed by atoms with van der Waals surface area (Å²) in [4.78, 5) is 74.1. The van der Waals surface area contributed by atoms with Crippen molar-refractivity contribution in [2.24, 2.45) is 0 Å². The van der Waals surface area contributed by atoms with Gasteiger partial charge in [-0.2, -0.15) is 4.98 Å². The second-order valence-corrected chi connectivity index (χ2v) is 27.6. The zero-order valence-electron chi connectivity index (χ0n) is 50.8. The van der Waals surface area contributed by atoms with Crippen LogP contribution in [0.5, 0.6) is 23.0 Å². The SMILES string of the molecule is CCC1=CC(C)(C)[N+](C)=c2cc3c(cc21)=C(c1c(Cl)c(SCC(=O)CCCCCCC(=O)N2CCN(c4ccnc(-n5ccnc5)n4)C(CC(=O)NCc4ccc5c(c4)OCO5)C2)c(Cl)c(Cl)c1C(=O)[O-])c1cc2c(cc1O3)N(C)C(C)(C)C=C2CS(=O)(=O)[O-]. The van der Waals surface area contributed by atoms with Crippen LogP contribution in [0, 0.1) is 0 Å². The molecule has 20 nitrogen and oxygen atoms in total. The number of unbranched alkanes of at least 4 members (excludes halogenated alkanes) is 3. The van der Waals surface area contributed by atoms with Crippen LogP contribution < -0.4 is 49.6 Å². The zero-order chi connectivity index (χ0) is 64.1. The van der Waals surface area contributed by atoms with Gasteiger partial charge in [0.05, 0.1) is 60.3 Å². The normalized spacial score (nSPS) is 17.0. The third-order valence-corrected chi connectivity index (χ3v) is 20.7. The average molecular weight is 1320 g/mol. The second kappa shape index (κ2) is 25.7. The Labute approximate surface area is 540 Å². The number of allylic oxidation sites excluding steroid dienone is 1. The van der Waals surface area contributed by atoms with Gasteiger partial charge in [-0.25, -0.2) is 23.0 Å². The number of thioether (sulfide) groups is 1. The van der Waals surface area contributed by atoms with Crippen LogP contribution in [0.15, 0.2) is 90.5 Å². The number of ketones is 1. The molecular weight excluding hydrogens is 1250 g/mol. The first kappa shape index (κ1) is 64.1. The highest BCUT2D eigenvalue weighted by molar-refractivity contribution is 8.00. The summed E-state index contributed by atoms with van der Waals surface area (Å²) in [6, 6.07) is 14.2. The van der Waals surface area contributed by atoms with Crippen LogP contribution in [0.25, 0.3) is 22.7 Å². The van der Waals surface area contributed by atoms with Crippen molar-refractivity contribution in [1.82, 2.24) is 34.3 Å². The molecule has 7 heterocycles. The maximum atomic E-state index is 13.9. The summed E-state index contributed by atoms with van der Waals surface area (Å²) in [6.07, 6.45) is 14.2. The molecule has 5 aliphatic rings. The van der Waals surface area contributed by atoms with E-state index in [-0.39, 0.29) is 104 Å². The van der Waals surface area contributed by atoms with Gasteiger partial charge in [0, 0.05) is 140 Å². The molecule has 6 aromatic rings. The van der Waals surface area contributed by atoms with Gasteiger partial charge in [0.25, 0.3) is 0 Å². The number of amides is 2. The number of anilines is 2. The molecule has 1 fully saturated rings. The number of benzene rings is 4. The number of halogens is 3. The molecule has 472 valence electrons. The number of nitrogens with one attached hydrogen (secondary N) is 1. The van der Waals surface area contributed by atoms with Crippen LogP contribution in [-0.2, 0) is 31.0 Å². The Morgan fingerprint density at radius 3 is 2.36 bits per heavy atom. The number of ether oxygens (including phenoxy) is 3. The zero-order valence-corrected chi connectivity index (χ0v) is 54.7. The quantitative estimate of drug-likeness (QED) is 0.0233. The number of rotatable bonds is 21. The van der Waals surface area contributed by atoms with Crippen LogP contribution in [0.4, 0.5) is 11.5 Å². The largest absolute Gasteiger partial charge is 0.748 e. The fourth-order valence-corrected chi connectivity index (χ4v) is 15.0. The van der Waals surface area contributed by atoms with Gasteiger partial charge < -0.3 is 48.7 Å². The smallest absolute Gasteiger partial charge is 0.236 e. The van der Waals surface area contributed by atoms with Crippen LogP contribution in [0.2, 0.25) is 15.1 Å². The number of imidazole rings is 1. The molecule has 1 N–H and O–H groups in total. The Balaban J connectivity index is 0.792. The minimum Gasteiger partial charge on any atom is -0.748 e. The van der Waals surface area contributed by atoms with Crippen molar-refractivity contribution in [3.63, 3.8) is 0 Å². The van der Waals surface area contributed by atoms with Crippen molar-refractivity contribution in [2.75, 3.05) is 61.8 Å². The topological polar surface area (TPSA) is 245 Å². The van der Waals surface area contributed by atoms with Crippen LogP contribution in [-0.4, -0.2) is 130 Å². The number of piperazine rings is 1. The van der Waals surface area contributed by atoms with Crippen molar-refractivity contribution in [1.29, 1.82) is 0 Å². The maximum Gasteiger partial charge on any atom is 0.236 e. The molecule has 1 saturated heterocycles. The first-order chi connectivity index (χ1) is 42.8. The lowest BCUT2D eigenvalue weighted by atomic mass is 9.83. The Hall–Kier alpha value is -7.47. The second-order valence-electron chi connectivity index (χ2n) is 24.1. The van der Waals surface area contributed by atoms with E-state index in [4.69, 9.17) is 54.0 Å². The van der Waals surface area contributed by atoms with E-state index in [0.29, 0.717) is 103 Å². The molecule has 1 atom stereocenters. The lowest BCUT2D eigenvalue weighted by molar-refractivity contribution is -0.255. The van der Waals surface area contributed by atoms with E-state index in [1.807, 2.05) is 75.0 Å². The molecular formula is C65H67Cl3N9O11S2-.